The minimum absolute atomic E-state index is 0.154. The highest BCUT2D eigenvalue weighted by Crippen LogP contribution is 2.40. The maximum atomic E-state index is 12.5. The van der Waals surface area contributed by atoms with Crippen LogP contribution in [-0.2, 0) is 22.4 Å². The number of hydrogen-bond donors (Lipinski definition) is 1. The Morgan fingerprint density at radius 3 is 2.94 bits per heavy atom. The van der Waals surface area contributed by atoms with Crippen LogP contribution in [0, 0.1) is 0 Å². The maximum absolute atomic E-state index is 12.5. The van der Waals surface area contributed by atoms with E-state index in [0.29, 0.717) is 13.1 Å². The quantitative estimate of drug-likeness (QED) is 0.636. The largest absolute Gasteiger partial charge is 0.497 e. The van der Waals surface area contributed by atoms with Gasteiger partial charge in [0.25, 0.3) is 0 Å². The number of amides is 2. The summed E-state index contributed by atoms with van der Waals surface area (Å²) in [6.45, 7) is 2.10. The number of nitrogens with one attached hydrogen (secondary N) is 1. The van der Waals surface area contributed by atoms with Crippen molar-refractivity contribution >= 4 is 17.7 Å². The van der Waals surface area contributed by atoms with Crippen LogP contribution in [0.5, 0.6) is 5.75 Å². The molecule has 1 aliphatic carbocycles. The zero-order valence-corrected chi connectivity index (χ0v) is 18.6. The summed E-state index contributed by atoms with van der Waals surface area (Å²) in [5.74, 6) is 1.35. The number of benzene rings is 2. The molecule has 33 heavy (non-hydrogen) atoms. The van der Waals surface area contributed by atoms with Crippen molar-refractivity contribution in [3.8, 4) is 28.3 Å². The lowest BCUT2D eigenvalue weighted by Crippen LogP contribution is -2.33. The molecule has 1 aliphatic heterocycles. The van der Waals surface area contributed by atoms with Crippen molar-refractivity contribution in [3.05, 3.63) is 53.6 Å². The highest BCUT2D eigenvalue weighted by Gasteiger charge is 2.33. The number of hydrogen-bond acceptors (Lipinski definition) is 6. The van der Waals surface area contributed by atoms with Crippen molar-refractivity contribution in [2.24, 2.45) is 0 Å². The fraction of sp³-hybridized carbons (Fsp3) is 0.320. The number of carbonyl (C=O) groups excluding carboxylic acids is 2. The smallest absolute Gasteiger partial charge is 0.414 e. The predicted octanol–water partition coefficient (Wildman–Crippen LogP) is 3.97. The van der Waals surface area contributed by atoms with Gasteiger partial charge in [-0.3, -0.25) is 9.69 Å². The number of methoxy groups -OCH3 is 1. The molecule has 1 saturated heterocycles. The monoisotopic (exact) mass is 447 g/mol. The van der Waals surface area contributed by atoms with Gasteiger partial charge in [0.05, 0.1) is 20.2 Å². The third kappa shape index (κ3) is 4.04. The Morgan fingerprint density at radius 1 is 1.24 bits per heavy atom. The molecule has 0 spiro atoms. The van der Waals surface area contributed by atoms with E-state index in [0.717, 1.165) is 64.4 Å². The van der Waals surface area contributed by atoms with Crippen LogP contribution in [0.3, 0.4) is 0 Å². The van der Waals surface area contributed by atoms with Crippen LogP contribution in [0.25, 0.3) is 22.6 Å². The van der Waals surface area contributed by atoms with Gasteiger partial charge in [-0.05, 0) is 49.1 Å². The number of ether oxygens (including phenoxy) is 2. The first kappa shape index (κ1) is 21.1. The minimum Gasteiger partial charge on any atom is -0.497 e. The van der Waals surface area contributed by atoms with Gasteiger partial charge in [-0.1, -0.05) is 23.4 Å². The van der Waals surface area contributed by atoms with Gasteiger partial charge in [0, 0.05) is 29.3 Å². The number of aryl methyl sites for hydroxylation is 1. The molecule has 2 heterocycles. The second-order valence-corrected chi connectivity index (χ2v) is 8.32. The zero-order valence-electron chi connectivity index (χ0n) is 18.6. The van der Waals surface area contributed by atoms with Gasteiger partial charge in [0.15, 0.2) is 5.76 Å². The van der Waals surface area contributed by atoms with Gasteiger partial charge in [-0.25, -0.2) is 4.79 Å². The number of rotatable bonds is 5. The molecular formula is C25H25N3O5. The first-order valence-corrected chi connectivity index (χ1v) is 11.0. The number of nitrogens with zero attached hydrogens (tertiary/aromatic N) is 2. The Bertz CT molecular complexity index is 1220. The van der Waals surface area contributed by atoms with E-state index in [1.54, 1.807) is 12.0 Å². The van der Waals surface area contributed by atoms with Gasteiger partial charge >= 0.3 is 6.09 Å². The van der Waals surface area contributed by atoms with Crippen LogP contribution in [-0.4, -0.2) is 43.5 Å². The fourth-order valence-electron chi connectivity index (χ4n) is 4.46. The number of cyclic esters (lactones) is 1. The van der Waals surface area contributed by atoms with E-state index in [1.165, 1.54) is 6.92 Å². The molecule has 0 radical (unpaired) electrons. The molecule has 8 nitrogen and oxygen atoms in total. The molecule has 1 atom stereocenters. The van der Waals surface area contributed by atoms with E-state index in [-0.39, 0.29) is 12.0 Å². The summed E-state index contributed by atoms with van der Waals surface area (Å²) in [4.78, 5) is 25.3. The van der Waals surface area contributed by atoms with E-state index in [2.05, 4.69) is 10.5 Å². The van der Waals surface area contributed by atoms with Crippen molar-refractivity contribution < 1.29 is 23.6 Å². The van der Waals surface area contributed by atoms with E-state index in [9.17, 15) is 9.59 Å². The Kier molecular flexibility index (Phi) is 5.50. The van der Waals surface area contributed by atoms with Gasteiger partial charge in [-0.2, -0.15) is 0 Å². The lowest BCUT2D eigenvalue weighted by atomic mass is 9.99. The summed E-state index contributed by atoms with van der Waals surface area (Å²) >= 11 is 0. The fourth-order valence-corrected chi connectivity index (χ4v) is 4.46. The molecule has 2 aromatic carbocycles. The first-order chi connectivity index (χ1) is 16.0. The molecule has 1 aromatic heterocycles. The Balaban J connectivity index is 1.48. The lowest BCUT2D eigenvalue weighted by Gasteiger charge is -2.15. The average molecular weight is 447 g/mol. The normalized spacial score (nSPS) is 17.1. The van der Waals surface area contributed by atoms with Crippen LogP contribution in [0.4, 0.5) is 10.5 Å². The van der Waals surface area contributed by atoms with Crippen molar-refractivity contribution in [2.45, 2.75) is 32.3 Å². The van der Waals surface area contributed by atoms with Gasteiger partial charge in [0.1, 0.15) is 17.5 Å². The third-order valence-corrected chi connectivity index (χ3v) is 6.11. The zero-order chi connectivity index (χ0) is 22.9. The minimum atomic E-state index is -0.422. The van der Waals surface area contributed by atoms with E-state index in [4.69, 9.17) is 14.0 Å². The molecule has 1 N–H and O–H groups in total. The molecule has 2 aliphatic rings. The number of fused-ring (bicyclic) bond motifs is 3. The van der Waals surface area contributed by atoms with Crippen LogP contribution >= 0.6 is 0 Å². The Morgan fingerprint density at radius 2 is 2.12 bits per heavy atom. The van der Waals surface area contributed by atoms with Crippen LogP contribution in [0.1, 0.15) is 24.5 Å². The number of anilines is 1. The Hall–Kier alpha value is -3.81. The molecule has 0 bridgehead atoms. The topological polar surface area (TPSA) is 93.9 Å². The highest BCUT2D eigenvalue weighted by atomic mass is 16.6. The molecule has 2 amide bonds. The van der Waals surface area contributed by atoms with Crippen LogP contribution < -0.4 is 15.0 Å². The van der Waals surface area contributed by atoms with Gasteiger partial charge in [-0.15, -0.1) is 0 Å². The summed E-state index contributed by atoms with van der Waals surface area (Å²) in [7, 11) is 1.64. The highest BCUT2D eigenvalue weighted by molar-refractivity contribution is 5.91. The summed E-state index contributed by atoms with van der Waals surface area (Å²) in [6.07, 6.45) is 1.92. The van der Waals surface area contributed by atoms with Crippen molar-refractivity contribution in [2.75, 3.05) is 25.1 Å². The molecule has 170 valence electrons. The predicted molar refractivity (Wildman–Crippen MR) is 122 cm³/mol. The SMILES string of the molecule is COc1cccc(-c2noc3c2CCCc2ccc(N4CC(CNC(C)=O)OC4=O)cc2-3)c1. The summed E-state index contributed by atoms with van der Waals surface area (Å²) in [5, 5.41) is 7.11. The molecule has 1 unspecified atom stereocenters. The maximum Gasteiger partial charge on any atom is 0.414 e. The Labute approximate surface area is 191 Å². The van der Waals surface area contributed by atoms with Gasteiger partial charge in [0.2, 0.25) is 5.91 Å². The second kappa shape index (κ2) is 8.61. The summed E-state index contributed by atoms with van der Waals surface area (Å²) in [5.41, 5.74) is 5.66. The lowest BCUT2D eigenvalue weighted by molar-refractivity contribution is -0.119. The van der Waals surface area contributed by atoms with E-state index in [1.807, 2.05) is 42.5 Å². The van der Waals surface area contributed by atoms with Crippen LogP contribution in [0.15, 0.2) is 47.0 Å². The molecular weight excluding hydrogens is 422 g/mol. The standard InChI is InChI=1S/C25H25N3O5/c1-15(29)26-13-20-14-28(25(30)32-20)18-10-9-16-5-4-8-21-23(27-33-24(21)22(16)12-18)17-6-3-7-19(11-17)31-2/h3,6-7,9-12,20H,4-5,8,13-14H2,1-2H3,(H,26,29). The van der Waals surface area contributed by atoms with Crippen molar-refractivity contribution in [3.63, 3.8) is 0 Å². The second-order valence-electron chi connectivity index (χ2n) is 8.32. The van der Waals surface area contributed by atoms with Crippen molar-refractivity contribution in [1.29, 1.82) is 0 Å². The molecule has 8 heteroatoms. The van der Waals surface area contributed by atoms with Crippen LogP contribution in [0.2, 0.25) is 0 Å². The van der Waals surface area contributed by atoms with Crippen molar-refractivity contribution in [1.82, 2.24) is 10.5 Å². The first-order valence-electron chi connectivity index (χ1n) is 11.0. The number of aromatic nitrogens is 1. The third-order valence-electron chi connectivity index (χ3n) is 6.11. The molecule has 5 rings (SSSR count). The molecule has 0 saturated carbocycles. The molecule has 1 fully saturated rings. The average Bonchev–Trinajstić information content (AvgIpc) is 3.36. The molecule has 3 aromatic rings. The van der Waals surface area contributed by atoms with E-state index >= 15 is 0 Å². The number of carbonyl (C=O) groups is 2. The summed E-state index contributed by atoms with van der Waals surface area (Å²) in [6, 6.07) is 13.7. The van der Waals surface area contributed by atoms with E-state index < -0.39 is 6.09 Å². The van der Waals surface area contributed by atoms with Gasteiger partial charge < -0.3 is 19.3 Å². The summed E-state index contributed by atoms with van der Waals surface area (Å²) < 4.78 is 16.7.